The Hall–Kier alpha value is -3.02. The quantitative estimate of drug-likeness (QED) is 0.794. The zero-order valence-electron chi connectivity index (χ0n) is 14.2. The van der Waals surface area contributed by atoms with Gasteiger partial charge in [-0.3, -0.25) is 4.79 Å². The van der Waals surface area contributed by atoms with Crippen LogP contribution in [0.5, 0.6) is 11.5 Å². The van der Waals surface area contributed by atoms with Gasteiger partial charge in [-0.25, -0.2) is 4.98 Å². The zero-order valence-corrected chi connectivity index (χ0v) is 14.2. The van der Waals surface area contributed by atoms with Crippen LogP contribution in [-0.4, -0.2) is 36.6 Å². The molecule has 0 radical (unpaired) electrons. The first-order valence-corrected chi connectivity index (χ1v) is 8.16. The molecule has 25 heavy (non-hydrogen) atoms. The molecule has 0 aliphatic carbocycles. The molecular weight excluding hydrogens is 318 g/mol. The average molecular weight is 337 g/mol. The van der Waals surface area contributed by atoms with Crippen molar-refractivity contribution in [3.8, 4) is 11.5 Å². The van der Waals surface area contributed by atoms with Crippen LogP contribution in [0.4, 0.5) is 5.69 Å². The fraction of sp³-hybridized carbons (Fsp3) is 0.263. The first-order chi connectivity index (χ1) is 12.2. The Bertz CT molecular complexity index is 902. The second kappa shape index (κ2) is 6.12. The number of nitrogens with one attached hydrogen (secondary N) is 1. The molecule has 0 unspecified atom stereocenters. The highest BCUT2D eigenvalue weighted by Gasteiger charge is 2.35. The second-order valence-electron chi connectivity index (χ2n) is 6.08. The van der Waals surface area contributed by atoms with Gasteiger partial charge in [-0.05, 0) is 24.3 Å². The predicted molar refractivity (Wildman–Crippen MR) is 95.4 cm³/mol. The number of para-hydroxylation sites is 2. The van der Waals surface area contributed by atoms with Crippen molar-refractivity contribution < 1.29 is 14.3 Å². The molecule has 1 fully saturated rings. The number of carbonyl (C=O) groups is 1. The van der Waals surface area contributed by atoms with Gasteiger partial charge in [-0.1, -0.05) is 12.1 Å². The number of aromatic nitrogens is 2. The summed E-state index contributed by atoms with van der Waals surface area (Å²) in [6.07, 6.45) is 0.417. The van der Waals surface area contributed by atoms with Crippen LogP contribution in [0.15, 0.2) is 42.5 Å². The third-order valence-electron chi connectivity index (χ3n) is 4.60. The van der Waals surface area contributed by atoms with E-state index in [1.807, 2.05) is 42.5 Å². The highest BCUT2D eigenvalue weighted by Crippen LogP contribution is 2.38. The molecule has 1 amide bonds. The molecular formula is C19H19N3O3. The van der Waals surface area contributed by atoms with Crippen molar-refractivity contribution >= 4 is 22.6 Å². The van der Waals surface area contributed by atoms with Gasteiger partial charge in [0.25, 0.3) is 0 Å². The van der Waals surface area contributed by atoms with Gasteiger partial charge in [0.15, 0.2) is 0 Å². The second-order valence-corrected chi connectivity index (χ2v) is 6.08. The summed E-state index contributed by atoms with van der Waals surface area (Å²) >= 11 is 0. The Morgan fingerprint density at radius 1 is 1.16 bits per heavy atom. The molecule has 1 aliphatic heterocycles. The van der Waals surface area contributed by atoms with E-state index in [0.29, 0.717) is 24.5 Å². The maximum absolute atomic E-state index is 12.6. The predicted octanol–water partition coefficient (Wildman–Crippen LogP) is 3.10. The fourth-order valence-electron chi connectivity index (χ4n) is 3.30. The van der Waals surface area contributed by atoms with Crippen molar-refractivity contribution in [2.45, 2.75) is 12.3 Å². The molecule has 1 saturated heterocycles. The normalized spacial score (nSPS) is 17.3. The summed E-state index contributed by atoms with van der Waals surface area (Å²) in [7, 11) is 3.21. The van der Waals surface area contributed by atoms with E-state index in [1.165, 1.54) is 0 Å². The third kappa shape index (κ3) is 2.69. The van der Waals surface area contributed by atoms with E-state index in [-0.39, 0.29) is 11.8 Å². The molecule has 1 aliphatic rings. The summed E-state index contributed by atoms with van der Waals surface area (Å²) in [5.41, 5.74) is 2.63. The number of nitrogens with zero attached hydrogens (tertiary/aromatic N) is 2. The van der Waals surface area contributed by atoms with E-state index in [9.17, 15) is 4.79 Å². The lowest BCUT2D eigenvalue weighted by Gasteiger charge is -2.20. The van der Waals surface area contributed by atoms with Gasteiger partial charge < -0.3 is 19.4 Å². The van der Waals surface area contributed by atoms with Crippen LogP contribution in [-0.2, 0) is 4.79 Å². The topological polar surface area (TPSA) is 67.5 Å². The van der Waals surface area contributed by atoms with Gasteiger partial charge in [-0.15, -0.1) is 0 Å². The smallest absolute Gasteiger partial charge is 0.227 e. The number of H-pyrrole nitrogens is 1. The number of ether oxygens (including phenoxy) is 2. The lowest BCUT2D eigenvalue weighted by Crippen LogP contribution is -2.25. The number of fused-ring (bicyclic) bond motifs is 1. The molecule has 2 aromatic carbocycles. The minimum Gasteiger partial charge on any atom is -0.497 e. The maximum atomic E-state index is 12.6. The van der Waals surface area contributed by atoms with E-state index in [0.717, 1.165) is 22.5 Å². The Balaban J connectivity index is 1.66. The molecule has 0 saturated carbocycles. The number of methoxy groups -OCH3 is 2. The summed E-state index contributed by atoms with van der Waals surface area (Å²) in [6.45, 7) is 0.558. The van der Waals surface area contributed by atoms with Crippen LogP contribution in [0.1, 0.15) is 18.2 Å². The van der Waals surface area contributed by atoms with Crippen LogP contribution in [0.25, 0.3) is 11.0 Å². The first kappa shape index (κ1) is 15.5. The number of rotatable bonds is 4. The van der Waals surface area contributed by atoms with Crippen molar-refractivity contribution in [1.82, 2.24) is 9.97 Å². The van der Waals surface area contributed by atoms with E-state index in [1.54, 1.807) is 19.1 Å². The van der Waals surface area contributed by atoms with Crippen molar-refractivity contribution in [2.75, 3.05) is 25.7 Å². The third-order valence-corrected chi connectivity index (χ3v) is 4.60. The SMILES string of the molecule is COc1ccc(OC)c(N2C[C@@H](c3nc4ccccc4[nH]3)CC2=O)c1. The highest BCUT2D eigenvalue weighted by atomic mass is 16.5. The number of aromatic amines is 1. The summed E-state index contributed by atoms with van der Waals surface area (Å²) in [5.74, 6) is 2.27. The van der Waals surface area contributed by atoms with E-state index in [4.69, 9.17) is 9.47 Å². The number of carbonyl (C=O) groups excluding carboxylic acids is 1. The zero-order chi connectivity index (χ0) is 17.4. The van der Waals surface area contributed by atoms with Crippen LogP contribution >= 0.6 is 0 Å². The Morgan fingerprint density at radius 2 is 2.00 bits per heavy atom. The van der Waals surface area contributed by atoms with Crippen LogP contribution < -0.4 is 14.4 Å². The van der Waals surface area contributed by atoms with Crippen molar-refractivity contribution in [1.29, 1.82) is 0 Å². The molecule has 0 bridgehead atoms. The molecule has 6 heteroatoms. The molecule has 1 atom stereocenters. The fourth-order valence-corrected chi connectivity index (χ4v) is 3.30. The van der Waals surface area contributed by atoms with Gasteiger partial charge in [-0.2, -0.15) is 0 Å². The van der Waals surface area contributed by atoms with Gasteiger partial charge in [0, 0.05) is 24.9 Å². The lowest BCUT2D eigenvalue weighted by molar-refractivity contribution is -0.117. The van der Waals surface area contributed by atoms with Crippen molar-refractivity contribution in [3.63, 3.8) is 0 Å². The molecule has 4 rings (SSSR count). The molecule has 6 nitrogen and oxygen atoms in total. The van der Waals surface area contributed by atoms with Crippen LogP contribution in [0, 0.1) is 0 Å². The lowest BCUT2D eigenvalue weighted by atomic mass is 10.1. The van der Waals surface area contributed by atoms with Gasteiger partial charge in [0.05, 0.1) is 30.9 Å². The largest absolute Gasteiger partial charge is 0.497 e. The first-order valence-electron chi connectivity index (χ1n) is 8.16. The Kier molecular flexibility index (Phi) is 3.80. The number of imidazole rings is 1. The van der Waals surface area contributed by atoms with Crippen LogP contribution in [0.2, 0.25) is 0 Å². The molecule has 0 spiro atoms. The van der Waals surface area contributed by atoms with Crippen LogP contribution in [0.3, 0.4) is 0 Å². The molecule has 1 aromatic heterocycles. The molecule has 3 aromatic rings. The summed E-state index contributed by atoms with van der Waals surface area (Å²) in [6, 6.07) is 13.4. The number of hydrogen-bond acceptors (Lipinski definition) is 4. The minimum absolute atomic E-state index is 0.0239. The number of anilines is 1. The highest BCUT2D eigenvalue weighted by molar-refractivity contribution is 5.98. The standard InChI is InChI=1S/C19H19N3O3/c1-24-13-7-8-17(25-2)16(10-13)22-11-12(9-18(22)23)19-20-14-5-3-4-6-15(14)21-19/h3-8,10,12H,9,11H2,1-2H3,(H,20,21)/t12-/m0/s1. The van der Waals surface area contributed by atoms with E-state index >= 15 is 0 Å². The monoisotopic (exact) mass is 337 g/mol. The number of amides is 1. The van der Waals surface area contributed by atoms with Crippen molar-refractivity contribution in [3.05, 3.63) is 48.3 Å². The molecule has 2 heterocycles. The average Bonchev–Trinajstić information content (AvgIpc) is 3.24. The molecule has 1 N–H and O–H groups in total. The number of hydrogen-bond donors (Lipinski definition) is 1. The van der Waals surface area contributed by atoms with E-state index in [2.05, 4.69) is 9.97 Å². The Labute approximate surface area is 145 Å². The summed E-state index contributed by atoms with van der Waals surface area (Å²) < 4.78 is 10.7. The van der Waals surface area contributed by atoms with Gasteiger partial charge >= 0.3 is 0 Å². The molecule has 128 valence electrons. The summed E-state index contributed by atoms with van der Waals surface area (Å²) in [4.78, 5) is 22.4. The van der Waals surface area contributed by atoms with Crippen molar-refractivity contribution in [2.24, 2.45) is 0 Å². The summed E-state index contributed by atoms with van der Waals surface area (Å²) in [5, 5.41) is 0. The Morgan fingerprint density at radius 3 is 2.76 bits per heavy atom. The minimum atomic E-state index is 0.0239. The van der Waals surface area contributed by atoms with E-state index < -0.39 is 0 Å². The van der Waals surface area contributed by atoms with Gasteiger partial charge in [0.2, 0.25) is 5.91 Å². The van der Waals surface area contributed by atoms with Gasteiger partial charge in [0.1, 0.15) is 17.3 Å². The maximum Gasteiger partial charge on any atom is 0.227 e. The number of benzene rings is 2.